The molecular formula is C47H33N3. The van der Waals surface area contributed by atoms with Crippen LogP contribution in [0.2, 0.25) is 0 Å². The van der Waals surface area contributed by atoms with Crippen molar-refractivity contribution < 1.29 is 0 Å². The average Bonchev–Trinajstić information content (AvgIpc) is 3.19. The maximum Gasteiger partial charge on any atom is 0.0524 e. The first-order valence-electron chi connectivity index (χ1n) is 17.2. The first kappa shape index (κ1) is 28.4. The highest BCUT2D eigenvalue weighted by Crippen LogP contribution is 2.61. The van der Waals surface area contributed by atoms with Gasteiger partial charge in [-0.25, -0.2) is 0 Å². The molecule has 2 heterocycles. The molecule has 8 aromatic carbocycles. The van der Waals surface area contributed by atoms with Gasteiger partial charge in [0.05, 0.1) is 22.7 Å². The number of benzene rings is 8. The summed E-state index contributed by atoms with van der Waals surface area (Å²) in [4.78, 5) is 7.30. The van der Waals surface area contributed by atoms with Crippen molar-refractivity contribution in [1.82, 2.24) is 0 Å². The summed E-state index contributed by atoms with van der Waals surface area (Å²) >= 11 is 0. The lowest BCUT2D eigenvalue weighted by molar-refractivity contribution is 0.917. The molecule has 0 aliphatic carbocycles. The third-order valence-corrected chi connectivity index (χ3v) is 10.2. The van der Waals surface area contributed by atoms with Crippen molar-refractivity contribution in [3.63, 3.8) is 0 Å². The van der Waals surface area contributed by atoms with Crippen LogP contribution in [0.5, 0.6) is 0 Å². The Morgan fingerprint density at radius 3 is 1.50 bits per heavy atom. The van der Waals surface area contributed by atoms with E-state index in [1.165, 1.54) is 50.2 Å². The molecule has 50 heavy (non-hydrogen) atoms. The van der Waals surface area contributed by atoms with E-state index in [1.807, 2.05) is 0 Å². The molecule has 8 aromatic rings. The van der Waals surface area contributed by atoms with Crippen molar-refractivity contribution in [3.8, 4) is 0 Å². The van der Waals surface area contributed by atoms with E-state index in [-0.39, 0.29) is 5.92 Å². The van der Waals surface area contributed by atoms with Gasteiger partial charge < -0.3 is 14.7 Å². The molecule has 2 aliphatic rings. The van der Waals surface area contributed by atoms with Gasteiger partial charge in [0.2, 0.25) is 0 Å². The minimum Gasteiger partial charge on any atom is -0.310 e. The second kappa shape index (κ2) is 11.5. The maximum atomic E-state index is 2.47. The predicted octanol–water partition coefficient (Wildman–Crippen LogP) is 13.1. The smallest absolute Gasteiger partial charge is 0.0524 e. The molecule has 0 aromatic heterocycles. The standard InChI is InChI=1S/C47H33N3/c1-5-17-34(18-6-1)48(35-19-7-2-8-20-35)38-29-30-40-44(32-38)50(37-23-11-4-12-24-37)42-27-15-26-41-47(42)46(40)45-39-25-14-13-16-33(39)28-31-43(45)49(41)36-21-9-3-10-22-36/h1-32,46H. The summed E-state index contributed by atoms with van der Waals surface area (Å²) < 4.78 is 0. The van der Waals surface area contributed by atoms with Crippen LogP contribution in [-0.4, -0.2) is 0 Å². The summed E-state index contributed by atoms with van der Waals surface area (Å²) in [6, 6.07) is 70.4. The normalized spacial score (nSPS) is 14.1. The van der Waals surface area contributed by atoms with Crippen LogP contribution in [-0.2, 0) is 0 Å². The average molecular weight is 640 g/mol. The molecule has 1 atom stereocenters. The van der Waals surface area contributed by atoms with Crippen LogP contribution in [0, 0.1) is 0 Å². The van der Waals surface area contributed by atoms with Gasteiger partial charge >= 0.3 is 0 Å². The number of nitrogens with zero attached hydrogens (tertiary/aromatic N) is 3. The van der Waals surface area contributed by atoms with Gasteiger partial charge in [0.1, 0.15) is 0 Å². The van der Waals surface area contributed by atoms with Crippen LogP contribution in [0.15, 0.2) is 194 Å². The van der Waals surface area contributed by atoms with E-state index >= 15 is 0 Å². The van der Waals surface area contributed by atoms with Crippen LogP contribution in [0.4, 0.5) is 51.2 Å². The summed E-state index contributed by atoms with van der Waals surface area (Å²) in [6.07, 6.45) is 0. The van der Waals surface area contributed by atoms with Crippen molar-refractivity contribution in [1.29, 1.82) is 0 Å². The Morgan fingerprint density at radius 2 is 0.880 bits per heavy atom. The number of hydrogen-bond donors (Lipinski definition) is 0. The molecule has 0 saturated heterocycles. The summed E-state index contributed by atoms with van der Waals surface area (Å²) in [7, 11) is 0. The molecule has 0 spiro atoms. The Labute approximate surface area is 292 Å². The van der Waals surface area contributed by atoms with E-state index in [0.29, 0.717) is 0 Å². The number of rotatable bonds is 5. The predicted molar refractivity (Wildman–Crippen MR) is 209 cm³/mol. The highest BCUT2D eigenvalue weighted by molar-refractivity contribution is 6.02. The SMILES string of the molecule is c1ccc(N(c2ccccc2)c2ccc3c(c2)N(c2ccccc2)c2cccc4c2C3c2c(ccc3ccccc23)N4c2ccccc2)cc1. The zero-order valence-electron chi connectivity index (χ0n) is 27.4. The highest BCUT2D eigenvalue weighted by atomic mass is 15.2. The zero-order chi connectivity index (χ0) is 33.0. The second-order valence-electron chi connectivity index (χ2n) is 13.0. The van der Waals surface area contributed by atoms with Gasteiger partial charge in [-0.3, -0.25) is 0 Å². The quantitative estimate of drug-likeness (QED) is 0.186. The minimum atomic E-state index is 0.0353. The number of anilines is 9. The highest BCUT2D eigenvalue weighted by Gasteiger charge is 2.41. The Morgan fingerprint density at radius 1 is 0.360 bits per heavy atom. The fourth-order valence-corrected chi connectivity index (χ4v) is 8.14. The molecule has 1 unspecified atom stereocenters. The Balaban J connectivity index is 1.29. The largest absolute Gasteiger partial charge is 0.310 e. The lowest BCUT2D eigenvalue weighted by Crippen LogP contribution is -2.29. The fraction of sp³-hybridized carbons (Fsp3) is 0.0213. The molecule has 10 rings (SSSR count). The van der Waals surface area contributed by atoms with Crippen molar-refractivity contribution >= 4 is 62.0 Å². The van der Waals surface area contributed by atoms with Gasteiger partial charge in [-0.2, -0.15) is 0 Å². The fourth-order valence-electron chi connectivity index (χ4n) is 8.14. The van der Waals surface area contributed by atoms with E-state index in [9.17, 15) is 0 Å². The molecule has 0 saturated carbocycles. The minimum absolute atomic E-state index is 0.0353. The van der Waals surface area contributed by atoms with E-state index in [2.05, 4.69) is 209 Å². The number of hydrogen-bond acceptors (Lipinski definition) is 3. The van der Waals surface area contributed by atoms with Crippen LogP contribution >= 0.6 is 0 Å². The van der Waals surface area contributed by atoms with E-state index in [1.54, 1.807) is 0 Å². The van der Waals surface area contributed by atoms with Gasteiger partial charge in [0.25, 0.3) is 0 Å². The molecule has 0 bridgehead atoms. The second-order valence-corrected chi connectivity index (χ2v) is 13.0. The molecule has 0 N–H and O–H groups in total. The Hall–Kier alpha value is -6.58. The topological polar surface area (TPSA) is 9.72 Å². The van der Waals surface area contributed by atoms with Crippen molar-refractivity contribution in [3.05, 3.63) is 211 Å². The molecule has 236 valence electrons. The molecule has 0 fully saturated rings. The third kappa shape index (κ3) is 4.37. The molecule has 2 aliphatic heterocycles. The van der Waals surface area contributed by atoms with Gasteiger partial charge in [-0.1, -0.05) is 115 Å². The molecule has 3 heteroatoms. The number of para-hydroxylation sites is 4. The number of fused-ring (bicyclic) bond motifs is 6. The zero-order valence-corrected chi connectivity index (χ0v) is 27.4. The van der Waals surface area contributed by atoms with Crippen molar-refractivity contribution in [2.75, 3.05) is 14.7 Å². The summed E-state index contributed by atoms with van der Waals surface area (Å²) in [5, 5.41) is 2.54. The molecule has 3 nitrogen and oxygen atoms in total. The monoisotopic (exact) mass is 639 g/mol. The lowest BCUT2D eigenvalue weighted by Gasteiger charge is -2.45. The van der Waals surface area contributed by atoms with Gasteiger partial charge in [-0.15, -0.1) is 0 Å². The van der Waals surface area contributed by atoms with E-state index in [4.69, 9.17) is 0 Å². The van der Waals surface area contributed by atoms with Crippen LogP contribution in [0.25, 0.3) is 10.8 Å². The Bertz CT molecular complexity index is 2460. The lowest BCUT2D eigenvalue weighted by atomic mass is 9.74. The molecule has 0 radical (unpaired) electrons. The summed E-state index contributed by atoms with van der Waals surface area (Å²) in [5.74, 6) is 0.0353. The van der Waals surface area contributed by atoms with Gasteiger partial charge in [0, 0.05) is 39.9 Å². The van der Waals surface area contributed by atoms with Crippen molar-refractivity contribution in [2.45, 2.75) is 5.92 Å². The maximum absolute atomic E-state index is 2.47. The van der Waals surface area contributed by atoms with Crippen LogP contribution in [0.1, 0.15) is 22.6 Å². The first-order valence-corrected chi connectivity index (χ1v) is 17.2. The van der Waals surface area contributed by atoms with E-state index in [0.717, 1.165) is 28.4 Å². The first-order chi connectivity index (χ1) is 24.8. The molecular weight excluding hydrogens is 607 g/mol. The van der Waals surface area contributed by atoms with Gasteiger partial charge in [-0.05, 0) is 101 Å². The summed E-state index contributed by atoms with van der Waals surface area (Å²) in [6.45, 7) is 0. The van der Waals surface area contributed by atoms with Crippen LogP contribution in [0.3, 0.4) is 0 Å². The van der Waals surface area contributed by atoms with Gasteiger partial charge in [0.15, 0.2) is 0 Å². The third-order valence-electron chi connectivity index (χ3n) is 10.2. The van der Waals surface area contributed by atoms with Crippen molar-refractivity contribution in [2.24, 2.45) is 0 Å². The van der Waals surface area contributed by atoms with E-state index < -0.39 is 0 Å². The molecule has 0 amide bonds. The Kier molecular flexibility index (Phi) is 6.56. The van der Waals surface area contributed by atoms with Crippen LogP contribution < -0.4 is 14.7 Å². The summed E-state index contributed by atoms with van der Waals surface area (Å²) in [5.41, 5.74) is 14.4.